The van der Waals surface area contributed by atoms with Crippen LogP contribution in [0.2, 0.25) is 0 Å². The highest BCUT2D eigenvalue weighted by atomic mass is 32.2. The van der Waals surface area contributed by atoms with Crippen LogP contribution in [0.15, 0.2) is 47.6 Å². The molecule has 2 N–H and O–H groups in total. The number of nitrogens with zero attached hydrogens (tertiary/aromatic N) is 4. The van der Waals surface area contributed by atoms with Gasteiger partial charge in [-0.1, -0.05) is 12.1 Å². The number of aromatic nitrogens is 2. The van der Waals surface area contributed by atoms with Crippen molar-refractivity contribution in [3.63, 3.8) is 0 Å². The number of hydrogen-bond acceptors (Lipinski definition) is 6. The minimum absolute atomic E-state index is 0.0833. The fourth-order valence-corrected chi connectivity index (χ4v) is 3.84. The minimum atomic E-state index is -4.31. The molecule has 12 heteroatoms. The van der Waals surface area contributed by atoms with Crippen LogP contribution in [0.4, 0.5) is 29.6 Å². The van der Waals surface area contributed by atoms with Crippen molar-refractivity contribution in [1.82, 2.24) is 20.2 Å². The Morgan fingerprint density at radius 2 is 1.72 bits per heavy atom. The van der Waals surface area contributed by atoms with Gasteiger partial charge in [-0.25, -0.2) is 14.8 Å². The molecule has 2 aromatic rings. The van der Waals surface area contributed by atoms with Crippen molar-refractivity contribution >= 4 is 35.3 Å². The fourth-order valence-electron chi connectivity index (χ4n) is 3.07. The Labute approximate surface area is 187 Å². The van der Waals surface area contributed by atoms with E-state index in [1.807, 2.05) is 4.90 Å². The summed E-state index contributed by atoms with van der Waals surface area (Å²) in [5.74, 6) is -0.502. The number of thioether (sulfide) groups is 1. The Kier molecular flexibility index (Phi) is 8.14. The van der Waals surface area contributed by atoms with Gasteiger partial charge < -0.3 is 20.4 Å². The molecule has 3 amide bonds. The van der Waals surface area contributed by atoms with Crippen molar-refractivity contribution in [3.05, 3.63) is 42.7 Å². The molecule has 8 nitrogen and oxygen atoms in total. The second-order valence-electron chi connectivity index (χ2n) is 6.95. The van der Waals surface area contributed by atoms with Crippen LogP contribution < -0.4 is 15.5 Å². The van der Waals surface area contributed by atoms with Crippen molar-refractivity contribution in [2.24, 2.45) is 0 Å². The van der Waals surface area contributed by atoms with Crippen molar-refractivity contribution in [3.8, 4) is 0 Å². The van der Waals surface area contributed by atoms with Crippen LogP contribution in [-0.4, -0.2) is 71.5 Å². The first-order valence-corrected chi connectivity index (χ1v) is 10.9. The maximum absolute atomic E-state index is 12.5. The Morgan fingerprint density at radius 1 is 1.03 bits per heavy atom. The summed E-state index contributed by atoms with van der Waals surface area (Å²) >= 11 is 0.601. The summed E-state index contributed by atoms with van der Waals surface area (Å²) in [6.07, 6.45) is -0.840. The van der Waals surface area contributed by atoms with Gasteiger partial charge in [-0.15, -0.1) is 11.8 Å². The lowest BCUT2D eigenvalue weighted by atomic mass is 10.3. The smallest absolute Gasteiger partial charge is 0.339 e. The fraction of sp³-hybridized carbons (Fsp3) is 0.400. The van der Waals surface area contributed by atoms with Gasteiger partial charge in [0.1, 0.15) is 0 Å². The number of benzene rings is 1. The molecule has 0 bridgehead atoms. The van der Waals surface area contributed by atoms with Crippen LogP contribution in [-0.2, 0) is 4.79 Å². The number of carbonyl (C=O) groups is 2. The molecule has 1 aliphatic heterocycles. The first-order chi connectivity index (χ1) is 15.3. The molecule has 1 aliphatic rings. The van der Waals surface area contributed by atoms with Gasteiger partial charge in [0, 0.05) is 56.4 Å². The van der Waals surface area contributed by atoms with Crippen LogP contribution in [0, 0.1) is 0 Å². The van der Waals surface area contributed by atoms with E-state index in [2.05, 4.69) is 20.6 Å². The van der Waals surface area contributed by atoms with E-state index in [1.54, 1.807) is 35.5 Å². The van der Waals surface area contributed by atoms with Gasteiger partial charge in [-0.3, -0.25) is 4.79 Å². The monoisotopic (exact) mass is 468 g/mol. The minimum Gasteiger partial charge on any atom is -0.339 e. The summed E-state index contributed by atoms with van der Waals surface area (Å²) in [7, 11) is 0. The van der Waals surface area contributed by atoms with Crippen molar-refractivity contribution < 1.29 is 22.8 Å². The first-order valence-electron chi connectivity index (χ1n) is 9.95. The highest BCUT2D eigenvalue weighted by molar-refractivity contribution is 7.99. The van der Waals surface area contributed by atoms with E-state index in [9.17, 15) is 22.8 Å². The van der Waals surface area contributed by atoms with Gasteiger partial charge >= 0.3 is 12.2 Å². The molecule has 32 heavy (non-hydrogen) atoms. The van der Waals surface area contributed by atoms with Crippen LogP contribution in [0.1, 0.15) is 6.42 Å². The summed E-state index contributed by atoms with van der Waals surface area (Å²) in [4.78, 5) is 37.0. The molecule has 0 aliphatic carbocycles. The zero-order valence-corrected chi connectivity index (χ0v) is 18.0. The van der Waals surface area contributed by atoms with E-state index >= 15 is 0 Å². The molecular weight excluding hydrogens is 445 g/mol. The van der Waals surface area contributed by atoms with Gasteiger partial charge in [0.15, 0.2) is 0 Å². The standard InChI is InChI=1S/C20H23F3N6O2S/c21-20(22,23)14-32-16-5-2-1-4-15(16)27-19(31)26-9-6-17(30)28-10-12-29(13-11-28)18-24-7-3-8-25-18/h1-5,7-8H,6,9-14H2,(H2,26,27,31). The van der Waals surface area contributed by atoms with Crippen molar-refractivity contribution in [2.75, 3.05) is 48.7 Å². The third kappa shape index (κ3) is 7.29. The van der Waals surface area contributed by atoms with Crippen LogP contribution in [0.25, 0.3) is 0 Å². The lowest BCUT2D eigenvalue weighted by Gasteiger charge is -2.34. The van der Waals surface area contributed by atoms with Crippen molar-refractivity contribution in [1.29, 1.82) is 0 Å². The zero-order chi connectivity index (χ0) is 23.0. The highest BCUT2D eigenvalue weighted by Gasteiger charge is 2.28. The van der Waals surface area contributed by atoms with Gasteiger partial charge in [-0.05, 0) is 18.2 Å². The average Bonchev–Trinajstić information content (AvgIpc) is 2.78. The Hall–Kier alpha value is -3.02. The van der Waals surface area contributed by atoms with Gasteiger partial charge in [0.25, 0.3) is 0 Å². The number of anilines is 2. The maximum atomic E-state index is 12.5. The predicted molar refractivity (Wildman–Crippen MR) is 116 cm³/mol. The SMILES string of the molecule is O=C(NCCC(=O)N1CCN(c2ncccn2)CC1)Nc1ccccc1SCC(F)(F)F. The number of para-hydroxylation sites is 1. The Bertz CT molecular complexity index is 908. The number of alkyl halides is 3. The van der Waals surface area contributed by atoms with Gasteiger partial charge in [-0.2, -0.15) is 13.2 Å². The van der Waals surface area contributed by atoms with Crippen LogP contribution >= 0.6 is 11.8 Å². The molecule has 0 atom stereocenters. The first kappa shape index (κ1) is 23.6. The summed E-state index contributed by atoms with van der Waals surface area (Å²) in [5.41, 5.74) is 0.282. The van der Waals surface area contributed by atoms with Crippen LogP contribution in [0.5, 0.6) is 0 Å². The molecule has 3 rings (SSSR count). The summed E-state index contributed by atoms with van der Waals surface area (Å²) in [6, 6.07) is 7.42. The maximum Gasteiger partial charge on any atom is 0.398 e. The molecule has 172 valence electrons. The van der Waals surface area contributed by atoms with E-state index in [1.165, 1.54) is 12.1 Å². The lowest BCUT2D eigenvalue weighted by Crippen LogP contribution is -2.49. The van der Waals surface area contributed by atoms with E-state index < -0.39 is 18.0 Å². The third-order valence-corrected chi connectivity index (χ3v) is 5.76. The van der Waals surface area contributed by atoms with Crippen LogP contribution in [0.3, 0.4) is 0 Å². The second kappa shape index (κ2) is 11.0. The average molecular weight is 469 g/mol. The lowest BCUT2D eigenvalue weighted by molar-refractivity contribution is -0.131. The third-order valence-electron chi connectivity index (χ3n) is 4.62. The molecule has 1 saturated heterocycles. The Morgan fingerprint density at radius 3 is 2.41 bits per heavy atom. The number of rotatable bonds is 7. The molecule has 1 aromatic heterocycles. The number of halogens is 3. The molecular formula is C20H23F3N6O2S. The van der Waals surface area contributed by atoms with E-state index in [0.717, 1.165) is 0 Å². The predicted octanol–water partition coefficient (Wildman–Crippen LogP) is 2.99. The number of carbonyl (C=O) groups excluding carboxylic acids is 2. The van der Waals surface area contributed by atoms with Gasteiger partial charge in [0.05, 0.1) is 11.4 Å². The van der Waals surface area contributed by atoms with Crippen molar-refractivity contribution in [2.45, 2.75) is 17.5 Å². The largest absolute Gasteiger partial charge is 0.398 e. The molecule has 0 radical (unpaired) electrons. The number of hydrogen-bond donors (Lipinski definition) is 2. The Balaban J connectivity index is 1.39. The number of nitrogens with one attached hydrogen (secondary N) is 2. The van der Waals surface area contributed by atoms with Gasteiger partial charge in [0.2, 0.25) is 11.9 Å². The molecule has 0 unspecified atom stereocenters. The topological polar surface area (TPSA) is 90.5 Å². The highest BCUT2D eigenvalue weighted by Crippen LogP contribution is 2.32. The molecule has 2 heterocycles. The summed E-state index contributed by atoms with van der Waals surface area (Å²) in [5, 5.41) is 5.12. The quantitative estimate of drug-likeness (QED) is 0.608. The molecule has 0 saturated carbocycles. The van der Waals surface area contributed by atoms with E-state index in [-0.39, 0.29) is 24.6 Å². The number of urea groups is 1. The van der Waals surface area contributed by atoms with E-state index in [4.69, 9.17) is 0 Å². The molecule has 1 aromatic carbocycles. The zero-order valence-electron chi connectivity index (χ0n) is 17.1. The normalized spacial score (nSPS) is 14.2. The second-order valence-corrected chi connectivity index (χ2v) is 7.96. The summed E-state index contributed by atoms with van der Waals surface area (Å²) in [6.45, 7) is 2.43. The number of piperazine rings is 1. The number of amides is 3. The molecule has 0 spiro atoms. The molecule has 1 fully saturated rings. The summed E-state index contributed by atoms with van der Waals surface area (Å²) < 4.78 is 37.4. The van der Waals surface area contributed by atoms with E-state index in [0.29, 0.717) is 48.8 Å².